The predicted octanol–water partition coefficient (Wildman–Crippen LogP) is 4.45. The van der Waals surface area contributed by atoms with E-state index in [1.807, 2.05) is 25.1 Å². The number of hydrogen-bond donors (Lipinski definition) is 0. The molecule has 2 rings (SSSR count). The molecule has 21 heavy (non-hydrogen) atoms. The summed E-state index contributed by atoms with van der Waals surface area (Å²) in [5.74, 6) is 0.715. The van der Waals surface area contributed by atoms with E-state index >= 15 is 0 Å². The zero-order chi connectivity index (χ0) is 15.4. The summed E-state index contributed by atoms with van der Waals surface area (Å²) in [6.45, 7) is 2.51. The third-order valence-corrected chi connectivity index (χ3v) is 4.04. The first-order valence-corrected chi connectivity index (χ1v) is 7.75. The number of benzene rings is 1. The van der Waals surface area contributed by atoms with Crippen LogP contribution in [0.25, 0.3) is 11.3 Å². The summed E-state index contributed by atoms with van der Waals surface area (Å²) in [5, 5.41) is 13.9. The fourth-order valence-electron chi connectivity index (χ4n) is 2.15. The molecule has 0 saturated carbocycles. The second-order valence-corrected chi connectivity index (χ2v) is 5.73. The first kappa shape index (κ1) is 15.9. The molecule has 0 radical (unpaired) electrons. The summed E-state index contributed by atoms with van der Waals surface area (Å²) in [5.41, 5.74) is 2.50. The third-order valence-electron chi connectivity index (χ3n) is 3.15. The van der Waals surface area contributed by atoms with Gasteiger partial charge in [0, 0.05) is 10.0 Å². The Labute approximate surface area is 137 Å². The highest BCUT2D eigenvalue weighted by Gasteiger charge is 2.19. The fourth-order valence-corrected chi connectivity index (χ4v) is 2.86. The van der Waals surface area contributed by atoms with Crippen LogP contribution in [0.15, 0.2) is 22.7 Å². The Morgan fingerprint density at radius 3 is 2.86 bits per heavy atom. The molecule has 6 heteroatoms. The van der Waals surface area contributed by atoms with Crippen molar-refractivity contribution in [3.8, 4) is 23.1 Å². The number of ether oxygens (including phenoxy) is 1. The minimum Gasteiger partial charge on any atom is -0.496 e. The molecule has 0 amide bonds. The summed E-state index contributed by atoms with van der Waals surface area (Å²) in [6, 6.07) is 7.90. The Balaban J connectivity index is 2.61. The lowest BCUT2D eigenvalue weighted by Gasteiger charge is -2.11. The van der Waals surface area contributed by atoms with Crippen molar-refractivity contribution in [2.45, 2.75) is 26.3 Å². The summed E-state index contributed by atoms with van der Waals surface area (Å²) in [4.78, 5) is 0. The lowest BCUT2D eigenvalue weighted by molar-refractivity contribution is 0.415. The van der Waals surface area contributed by atoms with E-state index in [1.165, 1.54) is 0 Å². The van der Waals surface area contributed by atoms with E-state index in [9.17, 15) is 0 Å². The van der Waals surface area contributed by atoms with Crippen molar-refractivity contribution in [3.05, 3.63) is 33.4 Å². The van der Waals surface area contributed by atoms with Crippen molar-refractivity contribution in [3.63, 3.8) is 0 Å². The lowest BCUT2D eigenvalue weighted by Crippen LogP contribution is -2.03. The second-order valence-electron chi connectivity index (χ2n) is 4.44. The number of nitrogens with zero attached hydrogens (tertiary/aromatic N) is 3. The molecule has 0 fully saturated rings. The smallest absolute Gasteiger partial charge is 0.129 e. The van der Waals surface area contributed by atoms with E-state index in [0.717, 1.165) is 27.8 Å². The van der Waals surface area contributed by atoms with Gasteiger partial charge in [0.15, 0.2) is 0 Å². The molecule has 0 bridgehead atoms. The van der Waals surface area contributed by atoms with Crippen molar-refractivity contribution in [2.24, 2.45) is 0 Å². The van der Waals surface area contributed by atoms with Gasteiger partial charge in [-0.1, -0.05) is 34.5 Å². The van der Waals surface area contributed by atoms with E-state index in [2.05, 4.69) is 27.1 Å². The van der Waals surface area contributed by atoms with Crippen LogP contribution in [0, 0.1) is 11.3 Å². The maximum atomic E-state index is 8.80. The van der Waals surface area contributed by atoms with E-state index in [1.54, 1.807) is 11.8 Å². The van der Waals surface area contributed by atoms with Gasteiger partial charge in [-0.3, -0.25) is 4.68 Å². The third kappa shape index (κ3) is 3.22. The number of hydrogen-bond acceptors (Lipinski definition) is 3. The molecule has 0 aliphatic heterocycles. The number of nitriles is 1. The number of rotatable bonds is 5. The summed E-state index contributed by atoms with van der Waals surface area (Å²) >= 11 is 9.91. The van der Waals surface area contributed by atoms with Crippen LogP contribution in [0.1, 0.15) is 19.0 Å². The standard InChI is InChI=1S/C15H15BrClN3O/c1-3-12-14(17)15(20(19-12)8-4-7-18)11-6-5-10(16)9-13(11)21-2/h5-6,9H,3-4,8H2,1-2H3. The van der Waals surface area contributed by atoms with Crippen molar-refractivity contribution < 1.29 is 4.74 Å². The second kappa shape index (κ2) is 6.97. The molecular weight excluding hydrogens is 354 g/mol. The van der Waals surface area contributed by atoms with Crippen LogP contribution in [0.2, 0.25) is 5.02 Å². The van der Waals surface area contributed by atoms with E-state index in [-0.39, 0.29) is 0 Å². The Hall–Kier alpha value is -1.51. The van der Waals surface area contributed by atoms with Gasteiger partial charge < -0.3 is 4.74 Å². The lowest BCUT2D eigenvalue weighted by atomic mass is 10.1. The van der Waals surface area contributed by atoms with Crippen LogP contribution in [0.4, 0.5) is 0 Å². The average Bonchev–Trinajstić information content (AvgIpc) is 2.81. The molecule has 1 aromatic carbocycles. The van der Waals surface area contributed by atoms with E-state index < -0.39 is 0 Å². The molecule has 1 aromatic heterocycles. The SMILES string of the molecule is CCc1nn(CCC#N)c(-c2ccc(Br)cc2OC)c1Cl. The Kier molecular flexibility index (Phi) is 5.27. The number of aryl methyl sites for hydroxylation is 2. The quantitative estimate of drug-likeness (QED) is 0.783. The molecule has 0 spiro atoms. The highest BCUT2D eigenvalue weighted by molar-refractivity contribution is 9.10. The largest absolute Gasteiger partial charge is 0.496 e. The van der Waals surface area contributed by atoms with Crippen LogP contribution in [-0.2, 0) is 13.0 Å². The van der Waals surface area contributed by atoms with Gasteiger partial charge in [0.2, 0.25) is 0 Å². The average molecular weight is 369 g/mol. The Morgan fingerprint density at radius 1 is 1.48 bits per heavy atom. The first-order valence-electron chi connectivity index (χ1n) is 6.58. The maximum Gasteiger partial charge on any atom is 0.129 e. The van der Waals surface area contributed by atoms with Crippen molar-refractivity contribution in [1.29, 1.82) is 5.26 Å². The van der Waals surface area contributed by atoms with Gasteiger partial charge in [-0.05, 0) is 24.6 Å². The molecule has 0 aliphatic carbocycles. The van der Waals surface area contributed by atoms with Gasteiger partial charge >= 0.3 is 0 Å². The first-order chi connectivity index (χ1) is 10.1. The van der Waals surface area contributed by atoms with Gasteiger partial charge in [0.25, 0.3) is 0 Å². The van der Waals surface area contributed by atoms with Crippen LogP contribution in [0.3, 0.4) is 0 Å². The molecule has 110 valence electrons. The van der Waals surface area contributed by atoms with E-state index in [4.69, 9.17) is 21.6 Å². The maximum absolute atomic E-state index is 8.80. The summed E-state index contributed by atoms with van der Waals surface area (Å²) < 4.78 is 8.16. The van der Waals surface area contributed by atoms with Crippen molar-refractivity contribution >= 4 is 27.5 Å². The van der Waals surface area contributed by atoms with Crippen LogP contribution >= 0.6 is 27.5 Å². The normalized spacial score (nSPS) is 10.4. The van der Waals surface area contributed by atoms with Gasteiger partial charge in [0.1, 0.15) is 5.75 Å². The van der Waals surface area contributed by atoms with Crippen molar-refractivity contribution in [2.75, 3.05) is 7.11 Å². The number of aromatic nitrogens is 2. The number of methoxy groups -OCH3 is 1. The fraction of sp³-hybridized carbons (Fsp3) is 0.333. The predicted molar refractivity (Wildman–Crippen MR) is 86.5 cm³/mol. The molecular formula is C15H15BrClN3O. The molecule has 0 unspecified atom stereocenters. The monoisotopic (exact) mass is 367 g/mol. The highest BCUT2D eigenvalue weighted by atomic mass is 79.9. The number of halogens is 2. The highest BCUT2D eigenvalue weighted by Crippen LogP contribution is 2.38. The van der Waals surface area contributed by atoms with Gasteiger partial charge in [-0.25, -0.2) is 0 Å². The minimum absolute atomic E-state index is 0.382. The van der Waals surface area contributed by atoms with Crippen LogP contribution in [-0.4, -0.2) is 16.9 Å². The van der Waals surface area contributed by atoms with Gasteiger partial charge in [-0.15, -0.1) is 0 Å². The Morgan fingerprint density at radius 2 is 2.24 bits per heavy atom. The van der Waals surface area contributed by atoms with Crippen LogP contribution in [0.5, 0.6) is 5.75 Å². The zero-order valence-corrected chi connectivity index (χ0v) is 14.2. The summed E-state index contributed by atoms with van der Waals surface area (Å²) in [7, 11) is 1.62. The molecule has 0 aliphatic rings. The minimum atomic E-state index is 0.382. The molecule has 4 nitrogen and oxygen atoms in total. The van der Waals surface area contributed by atoms with Gasteiger partial charge in [-0.2, -0.15) is 10.4 Å². The summed E-state index contributed by atoms with van der Waals surface area (Å²) in [6.07, 6.45) is 1.12. The van der Waals surface area contributed by atoms with E-state index in [0.29, 0.717) is 23.7 Å². The molecule has 0 saturated heterocycles. The van der Waals surface area contributed by atoms with Crippen LogP contribution < -0.4 is 4.74 Å². The van der Waals surface area contributed by atoms with Crippen molar-refractivity contribution in [1.82, 2.24) is 9.78 Å². The molecule has 1 heterocycles. The Bertz CT molecular complexity index is 691. The molecule has 2 aromatic rings. The zero-order valence-electron chi connectivity index (χ0n) is 11.9. The van der Waals surface area contributed by atoms with Gasteiger partial charge in [0.05, 0.1) is 42.6 Å². The molecule has 0 N–H and O–H groups in total. The topological polar surface area (TPSA) is 50.8 Å². The molecule has 0 atom stereocenters.